The molecule has 9 heteroatoms. The Balaban J connectivity index is 1.71. The molecule has 1 saturated carbocycles. The van der Waals surface area contributed by atoms with E-state index in [2.05, 4.69) is 25.3 Å². The Kier molecular flexibility index (Phi) is 4.44. The van der Waals surface area contributed by atoms with E-state index in [1.54, 1.807) is 13.1 Å². The van der Waals surface area contributed by atoms with Crippen LogP contribution >= 0.6 is 0 Å². The fourth-order valence-electron chi connectivity index (χ4n) is 3.75. The molecule has 3 aromatic rings. The molecule has 0 radical (unpaired) electrons. The van der Waals surface area contributed by atoms with Crippen molar-refractivity contribution in [1.82, 2.24) is 19.9 Å². The Bertz CT molecular complexity index is 1050. The fraction of sp³-hybridized carbons (Fsp3) is 0.368. The van der Waals surface area contributed by atoms with Gasteiger partial charge in [-0.3, -0.25) is 4.79 Å². The smallest absolute Gasteiger partial charge is 0.311 e. The fourth-order valence-corrected chi connectivity index (χ4v) is 3.75. The summed E-state index contributed by atoms with van der Waals surface area (Å²) < 4.78 is 28.0. The highest BCUT2D eigenvalue weighted by atomic mass is 19.1. The van der Waals surface area contributed by atoms with Crippen molar-refractivity contribution in [3.63, 3.8) is 0 Å². The molecule has 0 bridgehead atoms. The van der Waals surface area contributed by atoms with Crippen LogP contribution in [0, 0.1) is 17.0 Å². The number of hydrogen-bond acceptors (Lipinski definition) is 5. The molecule has 7 nitrogen and oxygen atoms in total. The first-order valence-corrected chi connectivity index (χ1v) is 9.04. The Morgan fingerprint density at radius 2 is 2.14 bits per heavy atom. The van der Waals surface area contributed by atoms with Crippen molar-refractivity contribution in [3.05, 3.63) is 36.3 Å². The number of aromatic nitrogens is 4. The quantitative estimate of drug-likeness (QED) is 0.630. The van der Waals surface area contributed by atoms with Gasteiger partial charge < -0.3 is 15.4 Å². The number of pyridine rings is 1. The molecule has 0 aromatic carbocycles. The van der Waals surface area contributed by atoms with Crippen molar-refractivity contribution < 1.29 is 18.7 Å². The Morgan fingerprint density at radius 3 is 2.93 bits per heavy atom. The molecule has 3 heterocycles. The average Bonchev–Trinajstić information content (AvgIpc) is 3.08. The molecule has 0 aliphatic heterocycles. The Morgan fingerprint density at radius 1 is 1.32 bits per heavy atom. The van der Waals surface area contributed by atoms with Crippen LogP contribution in [0.15, 0.2) is 24.7 Å². The average molecular weight is 387 g/mol. The molecular formula is C19H19F2N5O2. The lowest BCUT2D eigenvalue weighted by Crippen LogP contribution is -2.47. The van der Waals surface area contributed by atoms with E-state index < -0.39 is 29.1 Å². The van der Waals surface area contributed by atoms with Crippen LogP contribution in [0.3, 0.4) is 0 Å². The standard InChI is InChI=1S/C19H19F2N5O2/c1-19(18(27)28)5-3-2-4-14(19)25-17-13(21)9-24-16(26-17)12-8-23-15-11(12)6-10(20)7-22-15/h6-9,14H,2-5H2,1H3,(H,22,23)(H,27,28)(H,24,25,26)/t14-,19-/m0/s1. The third-order valence-electron chi connectivity index (χ3n) is 5.49. The van der Waals surface area contributed by atoms with Gasteiger partial charge in [-0.15, -0.1) is 0 Å². The number of H-pyrrole nitrogens is 1. The topological polar surface area (TPSA) is 104 Å². The van der Waals surface area contributed by atoms with Gasteiger partial charge in [-0.05, 0) is 25.8 Å². The minimum atomic E-state index is -1.01. The predicted octanol–water partition coefficient (Wildman–Crippen LogP) is 3.74. The zero-order valence-corrected chi connectivity index (χ0v) is 15.2. The van der Waals surface area contributed by atoms with Gasteiger partial charge in [0.25, 0.3) is 0 Å². The molecule has 0 saturated heterocycles. The number of anilines is 1. The maximum atomic E-state index is 14.4. The van der Waals surface area contributed by atoms with Crippen molar-refractivity contribution in [1.29, 1.82) is 0 Å². The highest BCUT2D eigenvalue weighted by Gasteiger charge is 2.43. The minimum Gasteiger partial charge on any atom is -0.481 e. The summed E-state index contributed by atoms with van der Waals surface area (Å²) in [5.41, 5.74) is -0.0665. The van der Waals surface area contributed by atoms with E-state index in [4.69, 9.17) is 0 Å². The summed E-state index contributed by atoms with van der Waals surface area (Å²) in [6.07, 6.45) is 6.47. The first-order chi connectivity index (χ1) is 13.4. The lowest BCUT2D eigenvalue weighted by Gasteiger charge is -2.38. The molecule has 1 aliphatic carbocycles. The van der Waals surface area contributed by atoms with Crippen molar-refractivity contribution >= 4 is 22.8 Å². The molecular weight excluding hydrogens is 368 g/mol. The van der Waals surface area contributed by atoms with Crippen LogP contribution in [0.5, 0.6) is 0 Å². The SMILES string of the molecule is C[C@]1(C(=O)O)CCCC[C@@H]1Nc1nc(-c2c[nH]c3ncc(F)cc23)ncc1F. The second-order valence-corrected chi connectivity index (χ2v) is 7.31. The molecule has 4 rings (SSSR count). The van der Waals surface area contributed by atoms with Crippen LogP contribution in [-0.2, 0) is 4.79 Å². The van der Waals surface area contributed by atoms with E-state index in [1.165, 1.54) is 6.07 Å². The molecule has 28 heavy (non-hydrogen) atoms. The van der Waals surface area contributed by atoms with Crippen molar-refractivity contribution in [2.24, 2.45) is 5.41 Å². The highest BCUT2D eigenvalue weighted by molar-refractivity contribution is 5.91. The summed E-state index contributed by atoms with van der Waals surface area (Å²) in [7, 11) is 0. The summed E-state index contributed by atoms with van der Waals surface area (Å²) in [6, 6.07) is 0.842. The van der Waals surface area contributed by atoms with Gasteiger partial charge in [0.1, 0.15) is 11.5 Å². The van der Waals surface area contributed by atoms with E-state index in [0.717, 1.165) is 25.2 Å². The normalized spacial score (nSPS) is 22.3. The number of fused-ring (bicyclic) bond motifs is 1. The molecule has 0 amide bonds. The van der Waals surface area contributed by atoms with Gasteiger partial charge in [0.2, 0.25) is 0 Å². The van der Waals surface area contributed by atoms with E-state index in [-0.39, 0.29) is 11.6 Å². The summed E-state index contributed by atoms with van der Waals surface area (Å²) in [5, 5.41) is 13.1. The van der Waals surface area contributed by atoms with Gasteiger partial charge in [0.05, 0.1) is 17.8 Å². The number of halogens is 2. The van der Waals surface area contributed by atoms with Gasteiger partial charge in [0.15, 0.2) is 17.5 Å². The number of hydrogen-bond donors (Lipinski definition) is 3. The van der Waals surface area contributed by atoms with Crippen LogP contribution in [0.4, 0.5) is 14.6 Å². The number of carboxylic acids is 1. The summed E-state index contributed by atoms with van der Waals surface area (Å²) in [6.45, 7) is 1.67. The largest absolute Gasteiger partial charge is 0.481 e. The number of rotatable bonds is 4. The molecule has 3 N–H and O–H groups in total. The molecule has 1 aliphatic rings. The van der Waals surface area contributed by atoms with Gasteiger partial charge in [-0.2, -0.15) is 0 Å². The third kappa shape index (κ3) is 3.06. The van der Waals surface area contributed by atoms with Gasteiger partial charge >= 0.3 is 5.97 Å². The van der Waals surface area contributed by atoms with Crippen LogP contribution < -0.4 is 5.32 Å². The first kappa shape index (κ1) is 18.3. The molecule has 3 aromatic heterocycles. The van der Waals surface area contributed by atoms with Crippen LogP contribution in [0.25, 0.3) is 22.4 Å². The van der Waals surface area contributed by atoms with E-state index in [9.17, 15) is 18.7 Å². The zero-order chi connectivity index (χ0) is 19.9. The van der Waals surface area contributed by atoms with Gasteiger partial charge in [-0.1, -0.05) is 12.8 Å². The number of carboxylic acid groups (broad SMARTS) is 1. The van der Waals surface area contributed by atoms with Crippen LogP contribution in [-0.4, -0.2) is 37.1 Å². The highest BCUT2D eigenvalue weighted by Crippen LogP contribution is 2.38. The Labute approximate surface area is 159 Å². The Hall–Kier alpha value is -3.10. The maximum absolute atomic E-state index is 14.4. The van der Waals surface area contributed by atoms with E-state index in [1.807, 2.05) is 0 Å². The zero-order valence-electron chi connectivity index (χ0n) is 15.2. The number of nitrogens with zero attached hydrogens (tertiary/aromatic N) is 3. The second-order valence-electron chi connectivity index (χ2n) is 7.31. The molecule has 2 atom stereocenters. The number of carbonyl (C=O) groups is 1. The summed E-state index contributed by atoms with van der Waals surface area (Å²) >= 11 is 0. The lowest BCUT2D eigenvalue weighted by atomic mass is 9.71. The van der Waals surface area contributed by atoms with Crippen molar-refractivity contribution in [2.75, 3.05) is 5.32 Å². The van der Waals surface area contributed by atoms with E-state index in [0.29, 0.717) is 29.4 Å². The maximum Gasteiger partial charge on any atom is 0.311 e. The minimum absolute atomic E-state index is 0.0666. The summed E-state index contributed by atoms with van der Waals surface area (Å²) in [4.78, 5) is 26.9. The number of aliphatic carboxylic acids is 1. The lowest BCUT2D eigenvalue weighted by molar-refractivity contribution is -0.150. The van der Waals surface area contributed by atoms with E-state index >= 15 is 0 Å². The second kappa shape index (κ2) is 6.81. The molecule has 0 spiro atoms. The van der Waals surface area contributed by atoms with Crippen molar-refractivity contribution in [2.45, 2.75) is 38.6 Å². The van der Waals surface area contributed by atoms with Gasteiger partial charge in [0, 0.05) is 23.2 Å². The predicted molar refractivity (Wildman–Crippen MR) is 98.7 cm³/mol. The summed E-state index contributed by atoms with van der Waals surface area (Å²) in [5.74, 6) is -1.98. The van der Waals surface area contributed by atoms with Crippen molar-refractivity contribution in [3.8, 4) is 11.4 Å². The number of nitrogens with one attached hydrogen (secondary N) is 2. The van der Waals surface area contributed by atoms with Gasteiger partial charge in [-0.25, -0.2) is 23.7 Å². The monoisotopic (exact) mass is 387 g/mol. The molecule has 146 valence electrons. The first-order valence-electron chi connectivity index (χ1n) is 9.04. The number of aromatic amines is 1. The van der Waals surface area contributed by atoms with Crippen LogP contribution in [0.1, 0.15) is 32.6 Å². The molecule has 0 unspecified atom stereocenters. The van der Waals surface area contributed by atoms with Crippen LogP contribution in [0.2, 0.25) is 0 Å². The third-order valence-corrected chi connectivity index (χ3v) is 5.49. The molecule has 1 fully saturated rings.